The van der Waals surface area contributed by atoms with E-state index in [-0.39, 0.29) is 11.5 Å². The highest BCUT2D eigenvalue weighted by Crippen LogP contribution is 2.32. The summed E-state index contributed by atoms with van der Waals surface area (Å²) in [6.07, 6.45) is 0. The third kappa shape index (κ3) is 2.32. The Balaban J connectivity index is 2.56. The van der Waals surface area contributed by atoms with Crippen LogP contribution in [0.15, 0.2) is 42.5 Å². The van der Waals surface area contributed by atoms with Gasteiger partial charge >= 0.3 is 0 Å². The van der Waals surface area contributed by atoms with E-state index in [1.165, 1.54) is 6.92 Å². The van der Waals surface area contributed by atoms with Crippen molar-refractivity contribution in [1.29, 1.82) is 0 Å². The zero-order valence-corrected chi connectivity index (χ0v) is 10.0. The van der Waals surface area contributed by atoms with Gasteiger partial charge in [-0.1, -0.05) is 35.9 Å². The van der Waals surface area contributed by atoms with E-state index in [0.717, 1.165) is 5.56 Å². The maximum absolute atomic E-state index is 11.3. The molecule has 0 aliphatic rings. The molecule has 0 atom stereocenters. The Kier molecular flexibility index (Phi) is 3.16. The molecular formula is C14H11ClO2. The van der Waals surface area contributed by atoms with Crippen molar-refractivity contribution in [2.45, 2.75) is 6.92 Å². The van der Waals surface area contributed by atoms with Crippen LogP contribution >= 0.6 is 11.6 Å². The monoisotopic (exact) mass is 246 g/mol. The Morgan fingerprint density at radius 3 is 2.35 bits per heavy atom. The molecule has 0 amide bonds. The van der Waals surface area contributed by atoms with Gasteiger partial charge in [0.05, 0.1) is 5.56 Å². The predicted octanol–water partition coefficient (Wildman–Crippen LogP) is 3.92. The highest BCUT2D eigenvalue weighted by atomic mass is 35.5. The van der Waals surface area contributed by atoms with Gasteiger partial charge in [-0.15, -0.1) is 0 Å². The zero-order chi connectivity index (χ0) is 12.4. The van der Waals surface area contributed by atoms with Gasteiger partial charge in [0.2, 0.25) is 0 Å². The van der Waals surface area contributed by atoms with Gasteiger partial charge in [-0.05, 0) is 30.7 Å². The Bertz CT molecular complexity index is 559. The standard InChI is InChI=1S/C14H11ClO2/c1-9(16)12-3-2-4-13(14(12)17)10-5-7-11(15)8-6-10/h2-8,17H,1H3. The Morgan fingerprint density at radius 1 is 1.12 bits per heavy atom. The first-order valence-corrected chi connectivity index (χ1v) is 5.56. The van der Waals surface area contributed by atoms with Crippen LogP contribution in [0.4, 0.5) is 0 Å². The number of phenolic OH excluding ortho intramolecular Hbond substituents is 1. The van der Waals surface area contributed by atoms with Crippen molar-refractivity contribution >= 4 is 17.4 Å². The van der Waals surface area contributed by atoms with Gasteiger partial charge in [-0.2, -0.15) is 0 Å². The number of benzene rings is 2. The number of phenols is 1. The van der Waals surface area contributed by atoms with E-state index < -0.39 is 0 Å². The van der Waals surface area contributed by atoms with E-state index in [9.17, 15) is 9.90 Å². The molecule has 17 heavy (non-hydrogen) atoms. The molecule has 0 unspecified atom stereocenters. The summed E-state index contributed by atoms with van der Waals surface area (Å²) in [5.74, 6) is -0.138. The summed E-state index contributed by atoms with van der Waals surface area (Å²) in [6.45, 7) is 1.43. The lowest BCUT2D eigenvalue weighted by Crippen LogP contribution is -1.93. The lowest BCUT2D eigenvalue weighted by Gasteiger charge is -2.08. The fourth-order valence-corrected chi connectivity index (χ4v) is 1.82. The second kappa shape index (κ2) is 4.60. The number of carbonyl (C=O) groups is 1. The van der Waals surface area contributed by atoms with Crippen LogP contribution in [-0.2, 0) is 0 Å². The number of halogens is 1. The van der Waals surface area contributed by atoms with Crippen LogP contribution in [0.25, 0.3) is 11.1 Å². The van der Waals surface area contributed by atoms with Gasteiger partial charge in [-0.25, -0.2) is 0 Å². The van der Waals surface area contributed by atoms with Crippen molar-refractivity contribution in [3.8, 4) is 16.9 Å². The predicted molar refractivity (Wildman–Crippen MR) is 68.6 cm³/mol. The molecule has 0 aromatic heterocycles. The average Bonchev–Trinajstić information content (AvgIpc) is 2.30. The fourth-order valence-electron chi connectivity index (χ4n) is 1.69. The number of hydrogen-bond acceptors (Lipinski definition) is 2. The van der Waals surface area contributed by atoms with Gasteiger partial charge in [0.15, 0.2) is 5.78 Å². The quantitative estimate of drug-likeness (QED) is 0.816. The van der Waals surface area contributed by atoms with Crippen molar-refractivity contribution in [3.63, 3.8) is 0 Å². The minimum atomic E-state index is -0.154. The van der Waals surface area contributed by atoms with Crippen LogP contribution in [-0.4, -0.2) is 10.9 Å². The largest absolute Gasteiger partial charge is 0.507 e. The van der Waals surface area contributed by atoms with E-state index in [0.29, 0.717) is 16.1 Å². The smallest absolute Gasteiger partial charge is 0.163 e. The van der Waals surface area contributed by atoms with Gasteiger partial charge in [-0.3, -0.25) is 4.79 Å². The third-order valence-electron chi connectivity index (χ3n) is 2.57. The Hall–Kier alpha value is -1.80. The van der Waals surface area contributed by atoms with Gasteiger partial charge in [0.1, 0.15) is 5.75 Å². The van der Waals surface area contributed by atoms with E-state index in [2.05, 4.69) is 0 Å². The molecule has 0 fully saturated rings. The first-order chi connectivity index (χ1) is 8.09. The number of carbonyl (C=O) groups excluding carboxylic acids is 1. The number of ketones is 1. The van der Waals surface area contributed by atoms with Crippen LogP contribution in [0.2, 0.25) is 5.02 Å². The first kappa shape index (κ1) is 11.7. The van der Waals surface area contributed by atoms with E-state index in [1.807, 2.05) is 0 Å². The molecule has 0 aliphatic carbocycles. The molecular weight excluding hydrogens is 236 g/mol. The number of para-hydroxylation sites is 1. The molecule has 2 rings (SSSR count). The van der Waals surface area contributed by atoms with Crippen molar-refractivity contribution in [3.05, 3.63) is 53.1 Å². The Labute approximate surface area is 104 Å². The summed E-state index contributed by atoms with van der Waals surface area (Å²) in [7, 11) is 0. The van der Waals surface area contributed by atoms with E-state index >= 15 is 0 Å². The summed E-state index contributed by atoms with van der Waals surface area (Å²) in [4.78, 5) is 11.3. The fraction of sp³-hybridized carbons (Fsp3) is 0.0714. The summed E-state index contributed by atoms with van der Waals surface area (Å²) in [5.41, 5.74) is 1.79. The maximum atomic E-state index is 11.3. The number of rotatable bonds is 2. The first-order valence-electron chi connectivity index (χ1n) is 5.18. The molecule has 2 aromatic rings. The number of hydrogen-bond donors (Lipinski definition) is 1. The minimum Gasteiger partial charge on any atom is -0.507 e. The van der Waals surface area contributed by atoms with Crippen molar-refractivity contribution in [2.75, 3.05) is 0 Å². The van der Waals surface area contributed by atoms with Gasteiger partial charge in [0.25, 0.3) is 0 Å². The SMILES string of the molecule is CC(=O)c1cccc(-c2ccc(Cl)cc2)c1O. The third-order valence-corrected chi connectivity index (χ3v) is 2.82. The van der Waals surface area contributed by atoms with Crippen LogP contribution < -0.4 is 0 Å². The van der Waals surface area contributed by atoms with Crippen LogP contribution in [0.3, 0.4) is 0 Å². The molecule has 0 saturated heterocycles. The van der Waals surface area contributed by atoms with Crippen molar-refractivity contribution in [2.24, 2.45) is 0 Å². The summed E-state index contributed by atoms with van der Waals surface area (Å²) in [6, 6.07) is 12.2. The molecule has 0 bridgehead atoms. The highest BCUT2D eigenvalue weighted by molar-refractivity contribution is 6.30. The Morgan fingerprint density at radius 2 is 1.76 bits per heavy atom. The van der Waals surface area contributed by atoms with Gasteiger partial charge < -0.3 is 5.11 Å². The topological polar surface area (TPSA) is 37.3 Å². The molecule has 0 heterocycles. The molecule has 2 aromatic carbocycles. The molecule has 0 radical (unpaired) electrons. The molecule has 0 saturated carbocycles. The molecule has 3 heteroatoms. The highest BCUT2D eigenvalue weighted by Gasteiger charge is 2.11. The van der Waals surface area contributed by atoms with Crippen molar-refractivity contribution in [1.82, 2.24) is 0 Å². The summed E-state index contributed by atoms with van der Waals surface area (Å²) >= 11 is 5.80. The maximum Gasteiger partial charge on any atom is 0.163 e. The molecule has 1 N–H and O–H groups in total. The summed E-state index contributed by atoms with van der Waals surface area (Å²) in [5, 5.41) is 10.7. The molecule has 86 valence electrons. The van der Waals surface area contributed by atoms with Crippen molar-refractivity contribution < 1.29 is 9.90 Å². The lowest BCUT2D eigenvalue weighted by atomic mass is 10.00. The normalized spacial score (nSPS) is 10.2. The molecule has 0 spiro atoms. The van der Waals surface area contributed by atoms with E-state index in [4.69, 9.17) is 11.6 Å². The van der Waals surface area contributed by atoms with E-state index in [1.54, 1.807) is 42.5 Å². The second-order valence-electron chi connectivity index (χ2n) is 3.76. The number of Topliss-reactive ketones (excluding diaryl/α,β-unsaturated/α-hetero) is 1. The minimum absolute atomic E-state index is 0.0160. The molecule has 2 nitrogen and oxygen atoms in total. The second-order valence-corrected chi connectivity index (χ2v) is 4.20. The van der Waals surface area contributed by atoms with Crippen LogP contribution in [0.1, 0.15) is 17.3 Å². The number of aromatic hydroxyl groups is 1. The van der Waals surface area contributed by atoms with Gasteiger partial charge in [0, 0.05) is 10.6 Å². The average molecular weight is 247 g/mol. The summed E-state index contributed by atoms with van der Waals surface area (Å²) < 4.78 is 0. The van der Waals surface area contributed by atoms with Crippen LogP contribution in [0.5, 0.6) is 5.75 Å². The zero-order valence-electron chi connectivity index (χ0n) is 9.27. The molecule has 0 aliphatic heterocycles. The lowest BCUT2D eigenvalue weighted by molar-refractivity contribution is 0.101. The van der Waals surface area contributed by atoms with Crippen LogP contribution in [0, 0.1) is 0 Å².